The van der Waals surface area contributed by atoms with Gasteiger partial charge in [0.25, 0.3) is 0 Å². The number of carbonyl (C=O) groups is 1. The summed E-state index contributed by atoms with van der Waals surface area (Å²) in [5, 5.41) is 12.4. The normalized spacial score (nSPS) is 20.1. The Morgan fingerprint density at radius 3 is 2.79 bits per heavy atom. The molecular weight excluding hydrogens is 240 g/mol. The van der Waals surface area contributed by atoms with Gasteiger partial charge in [0, 0.05) is 18.8 Å². The molecule has 104 valence electrons. The predicted octanol–water partition coefficient (Wildman–Crippen LogP) is 1.89. The Labute approximate surface area is 114 Å². The van der Waals surface area contributed by atoms with Crippen molar-refractivity contribution in [3.63, 3.8) is 0 Å². The van der Waals surface area contributed by atoms with Gasteiger partial charge in [0.1, 0.15) is 0 Å². The van der Waals surface area contributed by atoms with Crippen molar-refractivity contribution in [2.45, 2.75) is 32.2 Å². The van der Waals surface area contributed by atoms with E-state index in [0.29, 0.717) is 0 Å². The molecule has 1 aromatic rings. The van der Waals surface area contributed by atoms with E-state index in [-0.39, 0.29) is 12.5 Å². The van der Waals surface area contributed by atoms with Gasteiger partial charge in [-0.3, -0.25) is 4.79 Å². The summed E-state index contributed by atoms with van der Waals surface area (Å²) in [5.41, 5.74) is 2.44. The molecule has 0 spiro atoms. The van der Waals surface area contributed by atoms with Crippen LogP contribution in [0, 0.1) is 0 Å². The molecule has 1 heterocycles. The Morgan fingerprint density at radius 2 is 2.16 bits per heavy atom. The van der Waals surface area contributed by atoms with Gasteiger partial charge in [0.05, 0.1) is 12.5 Å². The summed E-state index contributed by atoms with van der Waals surface area (Å²) in [6, 6.07) is 8.52. The highest BCUT2D eigenvalue weighted by molar-refractivity contribution is 5.68. The third kappa shape index (κ3) is 3.70. The molecule has 0 amide bonds. The van der Waals surface area contributed by atoms with E-state index < -0.39 is 5.97 Å². The van der Waals surface area contributed by atoms with Crippen LogP contribution in [0.4, 0.5) is 5.69 Å². The van der Waals surface area contributed by atoms with Gasteiger partial charge in [-0.25, -0.2) is 0 Å². The molecular formula is C15H22N2O2. The average Bonchev–Trinajstić information content (AvgIpc) is 2.64. The number of hydrogen-bond acceptors (Lipinski definition) is 3. The molecule has 0 saturated carbocycles. The van der Waals surface area contributed by atoms with Crippen molar-refractivity contribution in [3.8, 4) is 0 Å². The molecule has 1 aliphatic heterocycles. The van der Waals surface area contributed by atoms with Crippen LogP contribution in [0.1, 0.15) is 25.3 Å². The maximum atomic E-state index is 11.0. The van der Waals surface area contributed by atoms with Crippen LogP contribution in [-0.4, -0.2) is 36.8 Å². The fourth-order valence-corrected chi connectivity index (χ4v) is 2.58. The van der Waals surface area contributed by atoms with Crippen LogP contribution in [0.15, 0.2) is 24.3 Å². The second-order valence-electron chi connectivity index (χ2n) is 5.02. The number of carboxylic acids is 1. The fourth-order valence-electron chi connectivity index (χ4n) is 2.58. The van der Waals surface area contributed by atoms with Gasteiger partial charge in [0.2, 0.25) is 0 Å². The van der Waals surface area contributed by atoms with Crippen LogP contribution in [0.5, 0.6) is 0 Å². The molecule has 2 rings (SSSR count). The molecule has 2 N–H and O–H groups in total. The summed E-state index contributed by atoms with van der Waals surface area (Å²) in [7, 11) is 0. The summed E-state index contributed by atoms with van der Waals surface area (Å²) >= 11 is 0. The number of carboxylic acid groups (broad SMARTS) is 1. The smallest absolute Gasteiger partial charge is 0.305 e. The van der Waals surface area contributed by atoms with Crippen molar-refractivity contribution in [2.24, 2.45) is 0 Å². The van der Waals surface area contributed by atoms with E-state index in [2.05, 4.69) is 41.4 Å². The van der Waals surface area contributed by atoms with Crippen LogP contribution in [0.3, 0.4) is 0 Å². The number of aryl methyl sites for hydroxylation is 1. The zero-order valence-electron chi connectivity index (χ0n) is 11.4. The predicted molar refractivity (Wildman–Crippen MR) is 76.7 cm³/mol. The van der Waals surface area contributed by atoms with Crippen LogP contribution >= 0.6 is 0 Å². The molecule has 0 aliphatic carbocycles. The topological polar surface area (TPSA) is 52.6 Å². The summed E-state index contributed by atoms with van der Waals surface area (Å²) < 4.78 is 0. The minimum Gasteiger partial charge on any atom is -0.481 e. The lowest BCUT2D eigenvalue weighted by molar-refractivity contribution is -0.137. The number of aliphatic carboxylic acids is 1. The van der Waals surface area contributed by atoms with Gasteiger partial charge < -0.3 is 15.3 Å². The van der Waals surface area contributed by atoms with Crippen molar-refractivity contribution in [1.29, 1.82) is 0 Å². The van der Waals surface area contributed by atoms with Crippen LogP contribution < -0.4 is 10.2 Å². The minimum atomic E-state index is -0.733. The molecule has 4 heteroatoms. The van der Waals surface area contributed by atoms with E-state index in [0.717, 1.165) is 38.2 Å². The Hall–Kier alpha value is -1.55. The molecule has 19 heavy (non-hydrogen) atoms. The number of rotatable bonds is 4. The third-order valence-corrected chi connectivity index (χ3v) is 3.66. The summed E-state index contributed by atoms with van der Waals surface area (Å²) in [6.07, 6.45) is 2.26. The molecule has 0 bridgehead atoms. The number of nitrogens with zero attached hydrogens (tertiary/aromatic N) is 1. The van der Waals surface area contributed by atoms with Crippen molar-refractivity contribution in [1.82, 2.24) is 5.32 Å². The van der Waals surface area contributed by atoms with Crippen molar-refractivity contribution in [3.05, 3.63) is 29.8 Å². The first kappa shape index (κ1) is 13.9. The highest BCUT2D eigenvalue weighted by Gasteiger charge is 2.23. The highest BCUT2D eigenvalue weighted by Crippen LogP contribution is 2.21. The largest absolute Gasteiger partial charge is 0.481 e. The lowest BCUT2D eigenvalue weighted by Crippen LogP contribution is -2.41. The second-order valence-corrected chi connectivity index (χ2v) is 5.02. The molecule has 1 aromatic carbocycles. The number of nitrogens with one attached hydrogen (secondary N) is 1. The van der Waals surface area contributed by atoms with Crippen molar-refractivity contribution >= 4 is 11.7 Å². The Morgan fingerprint density at radius 1 is 1.42 bits per heavy atom. The second kappa shape index (κ2) is 6.57. The van der Waals surface area contributed by atoms with E-state index in [1.54, 1.807) is 0 Å². The van der Waals surface area contributed by atoms with E-state index >= 15 is 0 Å². The lowest BCUT2D eigenvalue weighted by Gasteiger charge is -2.31. The van der Waals surface area contributed by atoms with Crippen molar-refractivity contribution in [2.75, 3.05) is 24.5 Å². The van der Waals surface area contributed by atoms with Crippen molar-refractivity contribution < 1.29 is 9.90 Å². The summed E-state index contributed by atoms with van der Waals surface area (Å²) in [5.74, 6) is -0.733. The number of benzene rings is 1. The lowest BCUT2D eigenvalue weighted by atomic mass is 10.1. The van der Waals surface area contributed by atoms with E-state index in [9.17, 15) is 4.79 Å². The van der Waals surface area contributed by atoms with E-state index in [4.69, 9.17) is 5.11 Å². The zero-order valence-corrected chi connectivity index (χ0v) is 11.4. The Bertz CT molecular complexity index is 417. The first-order chi connectivity index (χ1) is 9.20. The maximum Gasteiger partial charge on any atom is 0.305 e. The Kier molecular flexibility index (Phi) is 4.80. The van der Waals surface area contributed by atoms with Gasteiger partial charge in [-0.2, -0.15) is 0 Å². The van der Waals surface area contributed by atoms with Crippen LogP contribution in [0.25, 0.3) is 0 Å². The van der Waals surface area contributed by atoms with E-state index in [1.807, 2.05) is 0 Å². The summed E-state index contributed by atoms with van der Waals surface area (Å²) in [6.45, 7) is 4.75. The van der Waals surface area contributed by atoms with Crippen LogP contribution in [-0.2, 0) is 11.2 Å². The zero-order chi connectivity index (χ0) is 13.7. The van der Waals surface area contributed by atoms with Gasteiger partial charge in [0.15, 0.2) is 0 Å². The molecule has 1 atom stereocenters. The molecule has 0 aromatic heterocycles. The number of anilines is 1. The molecule has 4 nitrogen and oxygen atoms in total. The first-order valence-electron chi connectivity index (χ1n) is 6.98. The standard InChI is InChI=1S/C15H22N2O2/c1-2-12-4-6-13(7-5-12)17-9-3-8-16-11-14(17)10-15(18)19/h4-7,14,16H,2-3,8-11H2,1H3,(H,18,19). The maximum absolute atomic E-state index is 11.0. The van der Waals surface area contributed by atoms with Gasteiger partial charge in [-0.15, -0.1) is 0 Å². The monoisotopic (exact) mass is 262 g/mol. The quantitative estimate of drug-likeness (QED) is 0.870. The summed E-state index contributed by atoms with van der Waals surface area (Å²) in [4.78, 5) is 13.2. The highest BCUT2D eigenvalue weighted by atomic mass is 16.4. The molecule has 1 aliphatic rings. The SMILES string of the molecule is CCc1ccc(N2CCCNCC2CC(=O)O)cc1. The Balaban J connectivity index is 2.17. The van der Waals surface area contributed by atoms with Gasteiger partial charge >= 0.3 is 5.97 Å². The third-order valence-electron chi connectivity index (χ3n) is 3.66. The van der Waals surface area contributed by atoms with E-state index in [1.165, 1.54) is 5.56 Å². The molecule has 0 radical (unpaired) electrons. The molecule has 1 saturated heterocycles. The van der Waals surface area contributed by atoms with Gasteiger partial charge in [-0.1, -0.05) is 19.1 Å². The fraction of sp³-hybridized carbons (Fsp3) is 0.533. The van der Waals surface area contributed by atoms with Crippen LogP contribution in [0.2, 0.25) is 0 Å². The minimum absolute atomic E-state index is 0.0347. The number of hydrogen-bond donors (Lipinski definition) is 2. The molecule has 1 unspecified atom stereocenters. The average molecular weight is 262 g/mol. The van der Waals surface area contributed by atoms with Gasteiger partial charge in [-0.05, 0) is 37.1 Å². The first-order valence-corrected chi connectivity index (χ1v) is 6.98. The molecule has 1 fully saturated rings.